The van der Waals surface area contributed by atoms with E-state index in [1.807, 2.05) is 0 Å². The first-order chi connectivity index (χ1) is 16.9. The molecule has 3 aromatic carbocycles. The number of halogens is 2. The summed E-state index contributed by atoms with van der Waals surface area (Å²) in [7, 11) is 15.1. The fraction of sp³-hybridized carbons (Fsp3) is 0.355. The van der Waals surface area contributed by atoms with Crippen LogP contribution in [0.2, 0.25) is 0 Å². The van der Waals surface area contributed by atoms with Crippen molar-refractivity contribution in [2.45, 2.75) is 61.3 Å². The van der Waals surface area contributed by atoms with Crippen LogP contribution < -0.4 is 9.80 Å². The fourth-order valence-electron chi connectivity index (χ4n) is 5.69. The fourth-order valence-corrected chi connectivity index (χ4v) is 11.8. The number of nitrogens with zero attached hydrogens (tertiary/aromatic N) is 2. The summed E-state index contributed by atoms with van der Waals surface area (Å²) in [6.45, 7) is 19.3. The third kappa shape index (κ3) is 5.26. The molecule has 1 aliphatic rings. The summed E-state index contributed by atoms with van der Waals surface area (Å²) >= 11 is -3.53. The molecule has 0 atom stereocenters. The molecule has 0 spiro atoms. The van der Waals surface area contributed by atoms with Crippen LogP contribution in [0.5, 0.6) is 0 Å². The third-order valence-electron chi connectivity index (χ3n) is 6.86. The molecule has 1 fully saturated rings. The predicted molar refractivity (Wildman–Crippen MR) is 158 cm³/mol. The van der Waals surface area contributed by atoms with Crippen molar-refractivity contribution in [1.29, 1.82) is 0 Å². The van der Waals surface area contributed by atoms with Crippen molar-refractivity contribution in [1.82, 2.24) is 0 Å². The molecule has 1 heterocycles. The Bertz CT molecular complexity index is 1320. The first kappa shape index (κ1) is 27.2. The number of aryl methyl sites for hydroxylation is 6. The minimum atomic E-state index is -3.53. The maximum atomic E-state index is 7.57. The van der Waals surface area contributed by atoms with Crippen LogP contribution in [-0.2, 0) is 11.9 Å². The second-order valence-electron chi connectivity index (χ2n) is 10.4. The van der Waals surface area contributed by atoms with Crippen LogP contribution in [0.4, 0.5) is 11.4 Å². The van der Waals surface area contributed by atoms with Crippen molar-refractivity contribution < 1.29 is 11.9 Å². The van der Waals surface area contributed by atoms with Gasteiger partial charge in [0.2, 0.25) is 0 Å². The van der Waals surface area contributed by atoms with Gasteiger partial charge in [0.1, 0.15) is 0 Å². The molecule has 2 nitrogen and oxygen atoms in total. The van der Waals surface area contributed by atoms with E-state index in [4.69, 9.17) is 19.4 Å². The molecule has 1 aliphatic heterocycles. The van der Waals surface area contributed by atoms with Crippen molar-refractivity contribution in [3.8, 4) is 0 Å². The normalized spacial score (nSPS) is 14.7. The summed E-state index contributed by atoms with van der Waals surface area (Å²) in [6, 6.07) is 17.6. The van der Waals surface area contributed by atoms with Crippen molar-refractivity contribution in [2.24, 2.45) is 0 Å². The zero-order valence-corrected chi connectivity index (χ0v) is 25.9. The van der Waals surface area contributed by atoms with Crippen molar-refractivity contribution in [2.75, 3.05) is 22.9 Å². The van der Waals surface area contributed by atoms with E-state index in [-0.39, 0.29) is 0 Å². The Kier molecular flexibility index (Phi) is 7.96. The van der Waals surface area contributed by atoms with Crippen LogP contribution in [0.3, 0.4) is 0 Å². The molecule has 0 N–H and O–H groups in total. The van der Waals surface area contributed by atoms with Crippen molar-refractivity contribution in [3.05, 3.63) is 93.0 Å². The van der Waals surface area contributed by atoms with Crippen LogP contribution in [0.25, 0.3) is 0 Å². The minimum absolute atomic E-state index is 0.393. The Morgan fingerprint density at radius 2 is 1.14 bits per heavy atom. The van der Waals surface area contributed by atoms with E-state index < -0.39 is 11.9 Å². The van der Waals surface area contributed by atoms with E-state index in [1.165, 1.54) is 50.3 Å². The third-order valence-corrected chi connectivity index (χ3v) is 12.3. The first-order valence-electron chi connectivity index (χ1n) is 12.5. The SMILES string of the molecule is Cc1cc(C)c(N2CCN(c3c(C)cc(C)cc3C)[C]2=[Ru]([Cl])([Cl])=[CH]c2ccccc2C(C)C)c(C)c1. The molecule has 0 radical (unpaired) electrons. The zero-order valence-electron chi connectivity index (χ0n) is 22.7. The van der Waals surface area contributed by atoms with Crippen LogP contribution in [-0.4, -0.2) is 22.1 Å². The summed E-state index contributed by atoms with van der Waals surface area (Å²) < 4.78 is 3.27. The molecular formula is C31H38Cl2N2Ru. The summed E-state index contributed by atoms with van der Waals surface area (Å²) in [4.78, 5) is 4.84. The number of hydrogen-bond donors (Lipinski definition) is 0. The van der Waals surface area contributed by atoms with E-state index in [2.05, 4.69) is 118 Å². The van der Waals surface area contributed by atoms with Gasteiger partial charge in [0.25, 0.3) is 0 Å². The van der Waals surface area contributed by atoms with Gasteiger partial charge < -0.3 is 0 Å². The van der Waals surface area contributed by atoms with Gasteiger partial charge in [-0.15, -0.1) is 0 Å². The van der Waals surface area contributed by atoms with Crippen LogP contribution in [0.1, 0.15) is 64.3 Å². The van der Waals surface area contributed by atoms with E-state index in [1.54, 1.807) is 0 Å². The predicted octanol–water partition coefficient (Wildman–Crippen LogP) is 8.39. The molecule has 0 bridgehead atoms. The van der Waals surface area contributed by atoms with Crippen molar-refractivity contribution in [3.63, 3.8) is 0 Å². The van der Waals surface area contributed by atoms with Gasteiger partial charge in [-0.25, -0.2) is 0 Å². The van der Waals surface area contributed by atoms with E-state index in [0.717, 1.165) is 23.0 Å². The van der Waals surface area contributed by atoms with Gasteiger partial charge in [-0.2, -0.15) is 0 Å². The second kappa shape index (κ2) is 10.5. The Balaban J connectivity index is 2.06. The van der Waals surface area contributed by atoms with Gasteiger partial charge in [0.15, 0.2) is 0 Å². The second-order valence-corrected chi connectivity index (χ2v) is 19.6. The average Bonchev–Trinajstić information content (AvgIpc) is 3.17. The Morgan fingerprint density at radius 1 is 0.722 bits per heavy atom. The Morgan fingerprint density at radius 3 is 1.56 bits per heavy atom. The number of rotatable bonds is 4. The monoisotopic (exact) mass is 610 g/mol. The summed E-state index contributed by atoms with van der Waals surface area (Å²) in [6.07, 6.45) is 0. The van der Waals surface area contributed by atoms with Gasteiger partial charge in [-0.1, -0.05) is 0 Å². The molecule has 36 heavy (non-hydrogen) atoms. The van der Waals surface area contributed by atoms with Crippen LogP contribution in [0.15, 0.2) is 48.5 Å². The molecular weight excluding hydrogens is 572 g/mol. The maximum absolute atomic E-state index is 7.57. The van der Waals surface area contributed by atoms with Crippen molar-refractivity contribution >= 4 is 39.7 Å². The first-order valence-corrected chi connectivity index (χ1v) is 18.9. The molecule has 0 amide bonds. The Labute approximate surface area is 227 Å². The molecule has 3 aromatic rings. The number of benzene rings is 3. The molecule has 5 heteroatoms. The van der Waals surface area contributed by atoms with Gasteiger partial charge in [-0.05, 0) is 0 Å². The average molecular weight is 611 g/mol. The van der Waals surface area contributed by atoms with Gasteiger partial charge >= 0.3 is 229 Å². The summed E-state index contributed by atoms with van der Waals surface area (Å²) in [5, 5.41) is 0. The standard InChI is InChI=1S/C21H26N2.C10H12.2ClH.Ru/c1-14-9-16(3)20(17(4)10-14)22-7-8-23(13-22)21-18(5)11-15(2)12-19(21)6;1-8(2)10-7-5-4-6-9(10)3;;;/h9-12H,7-8H2,1-6H3;3-8H,1-2H3;2*1H;/q;;;;+2/p-2. The summed E-state index contributed by atoms with van der Waals surface area (Å²) in [5.74, 6) is 0.393. The van der Waals surface area contributed by atoms with Gasteiger partial charge in [-0.3, -0.25) is 0 Å². The molecule has 194 valence electrons. The molecule has 0 unspecified atom stereocenters. The molecule has 0 saturated carbocycles. The van der Waals surface area contributed by atoms with Crippen LogP contribution in [0, 0.1) is 41.5 Å². The zero-order chi connectivity index (χ0) is 26.4. The molecule has 0 aliphatic carbocycles. The number of hydrogen-bond acceptors (Lipinski definition) is 2. The molecule has 0 aromatic heterocycles. The molecule has 4 rings (SSSR count). The quantitative estimate of drug-likeness (QED) is 0.274. The topological polar surface area (TPSA) is 6.48 Å². The number of anilines is 2. The molecule has 1 saturated heterocycles. The Hall–Kier alpha value is -1.80. The van der Waals surface area contributed by atoms with E-state index >= 15 is 0 Å². The summed E-state index contributed by atoms with van der Waals surface area (Å²) in [5.41, 5.74) is 12.5. The van der Waals surface area contributed by atoms with E-state index in [9.17, 15) is 0 Å². The van der Waals surface area contributed by atoms with E-state index in [0.29, 0.717) is 5.92 Å². The van der Waals surface area contributed by atoms with Gasteiger partial charge in [0, 0.05) is 0 Å². The van der Waals surface area contributed by atoms with Crippen LogP contribution >= 0.6 is 19.4 Å². The van der Waals surface area contributed by atoms with Gasteiger partial charge in [0.05, 0.1) is 0 Å².